The number of methoxy groups -OCH3 is 1. The van der Waals surface area contributed by atoms with E-state index in [0.717, 1.165) is 35.5 Å². The Balaban J connectivity index is 1.37. The summed E-state index contributed by atoms with van der Waals surface area (Å²) in [6, 6.07) is 12.1. The highest BCUT2D eigenvalue weighted by Crippen LogP contribution is 2.32. The van der Waals surface area contributed by atoms with Crippen LogP contribution < -0.4 is 15.0 Å². The fourth-order valence-corrected chi connectivity index (χ4v) is 4.92. The third kappa shape index (κ3) is 4.94. The number of non-ortho nitro benzene ring substituents is 1. The van der Waals surface area contributed by atoms with Gasteiger partial charge in [0.1, 0.15) is 5.75 Å². The molecule has 0 bridgehead atoms. The predicted molar refractivity (Wildman–Crippen MR) is 121 cm³/mol. The van der Waals surface area contributed by atoms with Crippen molar-refractivity contribution >= 4 is 51.2 Å². The minimum atomic E-state index is -0.413. The summed E-state index contributed by atoms with van der Waals surface area (Å²) in [6.45, 7) is 0.602. The number of amides is 1. The van der Waals surface area contributed by atoms with Gasteiger partial charge in [-0.3, -0.25) is 14.9 Å². The van der Waals surface area contributed by atoms with Crippen molar-refractivity contribution < 1.29 is 14.5 Å². The summed E-state index contributed by atoms with van der Waals surface area (Å²) in [5.41, 5.74) is 2.50. The molecule has 0 unspecified atom stereocenters. The van der Waals surface area contributed by atoms with Crippen molar-refractivity contribution in [3.8, 4) is 5.75 Å². The summed E-state index contributed by atoms with van der Waals surface area (Å²) >= 11 is 2.70. The average Bonchev–Trinajstić information content (AvgIpc) is 3.24. The van der Waals surface area contributed by atoms with E-state index in [0.29, 0.717) is 16.0 Å². The molecule has 2 aromatic carbocycles. The number of aryl methyl sites for hydroxylation is 1. The van der Waals surface area contributed by atoms with E-state index in [1.54, 1.807) is 24.1 Å². The van der Waals surface area contributed by atoms with Crippen LogP contribution in [0.3, 0.4) is 0 Å². The highest BCUT2D eigenvalue weighted by molar-refractivity contribution is 8.01. The molecule has 0 saturated heterocycles. The number of nitro groups is 1. The molecule has 0 aliphatic carbocycles. The van der Waals surface area contributed by atoms with Gasteiger partial charge in [0.25, 0.3) is 5.69 Å². The van der Waals surface area contributed by atoms with Gasteiger partial charge in [0.05, 0.1) is 17.8 Å². The van der Waals surface area contributed by atoms with Crippen LogP contribution >= 0.6 is 23.1 Å². The number of rotatable bonds is 7. The van der Waals surface area contributed by atoms with Crippen LogP contribution in [0.25, 0.3) is 0 Å². The Morgan fingerprint density at radius 2 is 2.10 bits per heavy atom. The SMILES string of the molecule is COc1ccc(Nc2nnc(SCC(=O)N3CCCc4cc([N+](=O)[O-])ccc43)s2)cc1. The zero-order chi connectivity index (χ0) is 21.8. The first-order valence-corrected chi connectivity index (χ1v) is 11.3. The molecular formula is C20H19N5O4S2. The minimum absolute atomic E-state index is 0.0492. The molecule has 0 saturated carbocycles. The molecule has 0 spiro atoms. The Morgan fingerprint density at radius 3 is 2.84 bits per heavy atom. The van der Waals surface area contributed by atoms with Gasteiger partial charge in [0, 0.05) is 30.1 Å². The molecule has 160 valence electrons. The lowest BCUT2D eigenvalue weighted by atomic mass is 10.0. The Kier molecular flexibility index (Phi) is 6.33. The molecule has 4 rings (SSSR count). The monoisotopic (exact) mass is 457 g/mol. The fourth-order valence-electron chi connectivity index (χ4n) is 3.27. The van der Waals surface area contributed by atoms with E-state index < -0.39 is 4.92 Å². The maximum absolute atomic E-state index is 12.8. The van der Waals surface area contributed by atoms with Crippen molar-refractivity contribution in [3.63, 3.8) is 0 Å². The molecule has 9 nitrogen and oxygen atoms in total. The summed E-state index contributed by atoms with van der Waals surface area (Å²) in [5.74, 6) is 0.930. The number of carbonyl (C=O) groups is 1. The number of thioether (sulfide) groups is 1. The number of nitrogens with zero attached hydrogens (tertiary/aromatic N) is 4. The van der Waals surface area contributed by atoms with Gasteiger partial charge in [-0.05, 0) is 48.7 Å². The molecule has 11 heteroatoms. The number of aromatic nitrogens is 2. The van der Waals surface area contributed by atoms with E-state index in [1.807, 2.05) is 24.3 Å². The zero-order valence-electron chi connectivity index (χ0n) is 16.6. The second-order valence-electron chi connectivity index (χ2n) is 6.73. The molecule has 1 aromatic heterocycles. The van der Waals surface area contributed by atoms with E-state index in [-0.39, 0.29) is 17.3 Å². The molecule has 0 fully saturated rings. The molecule has 3 aromatic rings. The molecule has 2 heterocycles. The van der Waals surface area contributed by atoms with Crippen LogP contribution in [0.15, 0.2) is 46.8 Å². The first-order valence-electron chi connectivity index (χ1n) is 9.48. The van der Waals surface area contributed by atoms with Crippen molar-refractivity contribution in [2.75, 3.05) is 29.6 Å². The Hall–Kier alpha value is -3.18. The molecule has 0 atom stereocenters. The summed E-state index contributed by atoms with van der Waals surface area (Å²) in [4.78, 5) is 25.1. The number of hydrogen-bond donors (Lipinski definition) is 1. The molecule has 1 aliphatic heterocycles. The number of hydrogen-bond acceptors (Lipinski definition) is 9. The van der Waals surface area contributed by atoms with E-state index in [4.69, 9.17) is 4.74 Å². The number of ether oxygens (including phenoxy) is 1. The number of benzene rings is 2. The first kappa shape index (κ1) is 21.1. The number of nitro benzene ring substituents is 1. The maximum Gasteiger partial charge on any atom is 0.269 e. The molecule has 31 heavy (non-hydrogen) atoms. The van der Waals surface area contributed by atoms with Crippen LogP contribution in [0.4, 0.5) is 22.2 Å². The fraction of sp³-hybridized carbons (Fsp3) is 0.250. The Bertz CT molecular complexity index is 1100. The van der Waals surface area contributed by atoms with Gasteiger partial charge in [-0.2, -0.15) is 0 Å². The van der Waals surface area contributed by atoms with Crippen molar-refractivity contribution in [3.05, 3.63) is 58.1 Å². The average molecular weight is 458 g/mol. The van der Waals surface area contributed by atoms with Crippen molar-refractivity contribution in [1.82, 2.24) is 10.2 Å². The quantitative estimate of drug-likeness (QED) is 0.318. The van der Waals surface area contributed by atoms with Crippen molar-refractivity contribution in [1.29, 1.82) is 0 Å². The standard InChI is InChI=1S/C20H19N5O4S2/c1-29-16-7-4-14(5-8-16)21-19-22-23-20(31-19)30-12-18(26)24-10-2-3-13-11-15(25(27)28)6-9-17(13)24/h4-9,11H,2-3,10,12H2,1H3,(H,21,22). The van der Waals surface area contributed by atoms with Crippen LogP contribution in [-0.4, -0.2) is 40.4 Å². The van der Waals surface area contributed by atoms with E-state index in [9.17, 15) is 14.9 Å². The number of fused-ring (bicyclic) bond motifs is 1. The summed E-state index contributed by atoms with van der Waals surface area (Å²) in [5, 5.41) is 23.1. The first-order chi connectivity index (χ1) is 15.0. The maximum atomic E-state index is 12.8. The van der Waals surface area contributed by atoms with Crippen LogP contribution in [0.5, 0.6) is 5.75 Å². The Morgan fingerprint density at radius 1 is 1.29 bits per heavy atom. The van der Waals surface area contributed by atoms with Crippen molar-refractivity contribution in [2.24, 2.45) is 0 Å². The third-order valence-corrected chi connectivity index (χ3v) is 6.72. The number of nitrogens with one attached hydrogen (secondary N) is 1. The van der Waals surface area contributed by atoms with Crippen LogP contribution in [-0.2, 0) is 11.2 Å². The molecule has 1 amide bonds. The summed E-state index contributed by atoms with van der Waals surface area (Å²) in [6.07, 6.45) is 1.50. The highest BCUT2D eigenvalue weighted by atomic mass is 32.2. The molecule has 1 N–H and O–H groups in total. The van der Waals surface area contributed by atoms with Gasteiger partial charge in [-0.1, -0.05) is 23.1 Å². The highest BCUT2D eigenvalue weighted by Gasteiger charge is 2.24. The van der Waals surface area contributed by atoms with Gasteiger partial charge in [0.2, 0.25) is 11.0 Å². The number of anilines is 3. The third-order valence-electron chi connectivity index (χ3n) is 4.76. The lowest BCUT2D eigenvalue weighted by Gasteiger charge is -2.29. The smallest absolute Gasteiger partial charge is 0.269 e. The summed E-state index contributed by atoms with van der Waals surface area (Å²) < 4.78 is 5.83. The van der Waals surface area contributed by atoms with E-state index in [2.05, 4.69) is 15.5 Å². The van der Waals surface area contributed by atoms with E-state index >= 15 is 0 Å². The van der Waals surface area contributed by atoms with Gasteiger partial charge < -0.3 is 15.0 Å². The van der Waals surface area contributed by atoms with Gasteiger partial charge in [-0.15, -0.1) is 10.2 Å². The van der Waals surface area contributed by atoms with E-state index in [1.165, 1.54) is 29.2 Å². The topological polar surface area (TPSA) is 110 Å². The lowest BCUT2D eigenvalue weighted by Crippen LogP contribution is -2.36. The predicted octanol–water partition coefficient (Wildman–Crippen LogP) is 4.27. The van der Waals surface area contributed by atoms with Crippen LogP contribution in [0.1, 0.15) is 12.0 Å². The Labute approximate surface area is 186 Å². The lowest BCUT2D eigenvalue weighted by molar-refractivity contribution is -0.384. The minimum Gasteiger partial charge on any atom is -0.497 e. The molecule has 1 aliphatic rings. The molecule has 0 radical (unpaired) electrons. The van der Waals surface area contributed by atoms with Gasteiger partial charge >= 0.3 is 0 Å². The second-order valence-corrected chi connectivity index (χ2v) is 8.93. The second kappa shape index (κ2) is 9.31. The van der Waals surface area contributed by atoms with Crippen molar-refractivity contribution in [2.45, 2.75) is 17.2 Å². The van der Waals surface area contributed by atoms with Crippen LogP contribution in [0.2, 0.25) is 0 Å². The number of carbonyl (C=O) groups excluding carboxylic acids is 1. The van der Waals surface area contributed by atoms with Gasteiger partial charge in [-0.25, -0.2) is 0 Å². The normalized spacial score (nSPS) is 12.9. The molecular weight excluding hydrogens is 438 g/mol. The summed E-state index contributed by atoms with van der Waals surface area (Å²) in [7, 11) is 1.62. The van der Waals surface area contributed by atoms with Gasteiger partial charge in [0.15, 0.2) is 4.34 Å². The van der Waals surface area contributed by atoms with Crippen LogP contribution in [0, 0.1) is 10.1 Å². The zero-order valence-corrected chi connectivity index (χ0v) is 18.2. The largest absolute Gasteiger partial charge is 0.497 e.